The smallest absolute Gasteiger partial charge is 0.0762 e. The lowest BCUT2D eigenvalue weighted by Gasteiger charge is -2.14. The fraction of sp³-hybridized carbons (Fsp3) is 0.786. The zero-order valence-electron chi connectivity index (χ0n) is 11.4. The Labute approximate surface area is 110 Å². The topological polar surface area (TPSA) is 39.1 Å². The summed E-state index contributed by atoms with van der Waals surface area (Å²) in [4.78, 5) is 0. The van der Waals surface area contributed by atoms with Crippen molar-refractivity contribution >= 4 is 0 Å². The van der Waals surface area contributed by atoms with E-state index in [1.54, 1.807) is 7.11 Å². The van der Waals surface area contributed by atoms with Gasteiger partial charge in [0, 0.05) is 26.4 Å². The highest BCUT2D eigenvalue weighted by molar-refractivity contribution is 4.99. The van der Waals surface area contributed by atoms with Crippen LogP contribution in [0.4, 0.5) is 0 Å². The Kier molecular flexibility index (Phi) is 5.68. The van der Waals surface area contributed by atoms with E-state index in [0.717, 1.165) is 25.4 Å². The van der Waals surface area contributed by atoms with E-state index in [1.807, 2.05) is 0 Å². The van der Waals surface area contributed by atoms with Crippen LogP contribution in [-0.4, -0.2) is 30.0 Å². The van der Waals surface area contributed by atoms with Gasteiger partial charge in [-0.05, 0) is 18.9 Å². The first kappa shape index (κ1) is 13.6. The monoisotopic (exact) mass is 251 g/mol. The molecule has 4 nitrogen and oxygen atoms in total. The molecular formula is C14H25N3O. The lowest BCUT2D eigenvalue weighted by atomic mass is 10.1. The normalized spacial score (nSPS) is 17.8. The summed E-state index contributed by atoms with van der Waals surface area (Å²) in [7, 11) is 1.72. The second kappa shape index (κ2) is 7.54. The number of aromatic nitrogens is 2. The van der Waals surface area contributed by atoms with Crippen molar-refractivity contribution < 1.29 is 4.74 Å². The van der Waals surface area contributed by atoms with Gasteiger partial charge in [0.2, 0.25) is 0 Å². The highest BCUT2D eigenvalue weighted by Crippen LogP contribution is 2.26. The summed E-state index contributed by atoms with van der Waals surface area (Å²) in [6.45, 7) is 2.47. The molecule has 1 aliphatic carbocycles. The van der Waals surface area contributed by atoms with Gasteiger partial charge in [0.1, 0.15) is 0 Å². The summed E-state index contributed by atoms with van der Waals surface area (Å²) in [5.74, 6) is 0. The van der Waals surface area contributed by atoms with Gasteiger partial charge in [0.25, 0.3) is 0 Å². The van der Waals surface area contributed by atoms with Crippen LogP contribution in [0.1, 0.15) is 50.3 Å². The molecule has 0 saturated heterocycles. The summed E-state index contributed by atoms with van der Waals surface area (Å²) in [5.41, 5.74) is 1.13. The zero-order valence-corrected chi connectivity index (χ0v) is 11.4. The van der Waals surface area contributed by atoms with E-state index < -0.39 is 0 Å². The van der Waals surface area contributed by atoms with Crippen molar-refractivity contribution in [1.29, 1.82) is 0 Å². The Bertz CT molecular complexity index is 330. The summed E-state index contributed by atoms with van der Waals surface area (Å²) in [6.07, 6.45) is 10.2. The summed E-state index contributed by atoms with van der Waals surface area (Å²) >= 11 is 0. The first-order valence-corrected chi connectivity index (χ1v) is 7.14. The number of nitrogens with zero attached hydrogens (tertiary/aromatic N) is 2. The van der Waals surface area contributed by atoms with Crippen LogP contribution in [0.25, 0.3) is 0 Å². The number of hydrogen-bond donors (Lipinski definition) is 1. The third kappa shape index (κ3) is 4.10. The molecule has 1 N–H and O–H groups in total. The van der Waals surface area contributed by atoms with Crippen molar-refractivity contribution in [3.8, 4) is 0 Å². The molecule has 0 unspecified atom stereocenters. The van der Waals surface area contributed by atoms with Crippen molar-refractivity contribution in [1.82, 2.24) is 15.1 Å². The maximum Gasteiger partial charge on any atom is 0.0762 e. The van der Waals surface area contributed by atoms with Crippen LogP contribution < -0.4 is 5.32 Å². The first-order chi connectivity index (χ1) is 8.90. The van der Waals surface area contributed by atoms with E-state index in [4.69, 9.17) is 4.74 Å². The van der Waals surface area contributed by atoms with Gasteiger partial charge in [-0.3, -0.25) is 4.68 Å². The average molecular weight is 251 g/mol. The Balaban J connectivity index is 1.81. The molecule has 1 saturated carbocycles. The molecule has 1 aliphatic rings. The predicted octanol–water partition coefficient (Wildman–Crippen LogP) is 2.51. The number of hydrogen-bond acceptors (Lipinski definition) is 3. The molecule has 1 heterocycles. The molecule has 2 rings (SSSR count). The van der Waals surface area contributed by atoms with Gasteiger partial charge in [-0.25, -0.2) is 0 Å². The minimum absolute atomic E-state index is 0.625. The van der Waals surface area contributed by atoms with Gasteiger partial charge >= 0.3 is 0 Å². The molecule has 18 heavy (non-hydrogen) atoms. The molecule has 0 spiro atoms. The van der Waals surface area contributed by atoms with E-state index in [1.165, 1.54) is 38.5 Å². The second-order valence-corrected chi connectivity index (χ2v) is 5.10. The lowest BCUT2D eigenvalue weighted by molar-refractivity contribution is 0.199. The molecule has 0 aromatic carbocycles. The lowest BCUT2D eigenvalue weighted by Crippen LogP contribution is -2.19. The van der Waals surface area contributed by atoms with Gasteiger partial charge in [-0.1, -0.05) is 25.7 Å². The summed E-state index contributed by atoms with van der Waals surface area (Å²) < 4.78 is 7.19. The van der Waals surface area contributed by atoms with Crippen LogP contribution >= 0.6 is 0 Å². The largest absolute Gasteiger partial charge is 0.383 e. The molecular weight excluding hydrogens is 226 g/mol. The maximum absolute atomic E-state index is 5.01. The van der Waals surface area contributed by atoms with E-state index >= 15 is 0 Å². The molecule has 0 atom stereocenters. The number of nitrogens with one attached hydrogen (secondary N) is 1. The third-order valence-electron chi connectivity index (χ3n) is 3.65. The molecule has 0 aliphatic heterocycles. The third-order valence-corrected chi connectivity index (χ3v) is 3.65. The van der Waals surface area contributed by atoms with Crippen molar-refractivity contribution in [2.45, 2.75) is 51.1 Å². The number of ether oxygens (including phenoxy) is 1. The van der Waals surface area contributed by atoms with Gasteiger partial charge in [0.15, 0.2) is 0 Å². The molecule has 4 heteroatoms. The van der Waals surface area contributed by atoms with Crippen molar-refractivity contribution in [2.24, 2.45) is 0 Å². The maximum atomic E-state index is 5.01. The predicted molar refractivity (Wildman–Crippen MR) is 72.5 cm³/mol. The highest BCUT2D eigenvalue weighted by atomic mass is 16.5. The van der Waals surface area contributed by atoms with Crippen molar-refractivity contribution in [3.63, 3.8) is 0 Å². The molecule has 1 aromatic heterocycles. The highest BCUT2D eigenvalue weighted by Gasteiger charge is 2.14. The number of rotatable bonds is 6. The zero-order chi connectivity index (χ0) is 12.6. The van der Waals surface area contributed by atoms with Crippen LogP contribution in [0.2, 0.25) is 0 Å². The van der Waals surface area contributed by atoms with E-state index in [-0.39, 0.29) is 0 Å². The van der Waals surface area contributed by atoms with Crippen LogP contribution in [-0.2, 0) is 11.3 Å². The van der Waals surface area contributed by atoms with Crippen LogP contribution in [0, 0.1) is 0 Å². The average Bonchev–Trinajstić information content (AvgIpc) is 2.69. The molecule has 0 bridgehead atoms. The van der Waals surface area contributed by atoms with Gasteiger partial charge in [-0.2, -0.15) is 5.10 Å². The fourth-order valence-corrected chi connectivity index (χ4v) is 2.59. The Morgan fingerprint density at radius 2 is 2.11 bits per heavy atom. The van der Waals surface area contributed by atoms with Crippen LogP contribution in [0.15, 0.2) is 12.3 Å². The molecule has 0 radical (unpaired) electrons. The summed E-state index contributed by atoms with van der Waals surface area (Å²) in [5, 5.41) is 8.02. The van der Waals surface area contributed by atoms with Crippen LogP contribution in [0.5, 0.6) is 0 Å². The standard InChI is InChI=1S/C14H25N3O/c1-18-11-9-15-12-13-8-10-17(16-13)14-6-4-2-3-5-7-14/h8,10,14-15H,2-7,9,11-12H2,1H3. The van der Waals surface area contributed by atoms with E-state index in [2.05, 4.69) is 27.4 Å². The van der Waals surface area contributed by atoms with Crippen molar-refractivity contribution in [2.75, 3.05) is 20.3 Å². The Hall–Kier alpha value is -0.870. The Morgan fingerprint density at radius 3 is 2.83 bits per heavy atom. The van der Waals surface area contributed by atoms with Gasteiger partial charge < -0.3 is 10.1 Å². The quantitative estimate of drug-likeness (QED) is 0.624. The van der Waals surface area contributed by atoms with Gasteiger partial charge in [0.05, 0.1) is 18.3 Å². The molecule has 1 fully saturated rings. The van der Waals surface area contributed by atoms with Crippen LogP contribution in [0.3, 0.4) is 0 Å². The molecule has 0 amide bonds. The van der Waals surface area contributed by atoms with E-state index in [9.17, 15) is 0 Å². The fourth-order valence-electron chi connectivity index (χ4n) is 2.59. The first-order valence-electron chi connectivity index (χ1n) is 7.14. The minimum Gasteiger partial charge on any atom is -0.383 e. The summed E-state index contributed by atoms with van der Waals surface area (Å²) in [6, 6.07) is 2.75. The SMILES string of the molecule is COCCNCc1ccn(C2CCCCCC2)n1. The minimum atomic E-state index is 0.625. The molecule has 102 valence electrons. The number of methoxy groups -OCH3 is 1. The second-order valence-electron chi connectivity index (χ2n) is 5.10. The Morgan fingerprint density at radius 1 is 1.33 bits per heavy atom. The van der Waals surface area contributed by atoms with E-state index in [0.29, 0.717) is 6.04 Å². The van der Waals surface area contributed by atoms with Gasteiger partial charge in [-0.15, -0.1) is 0 Å². The van der Waals surface area contributed by atoms with Crippen molar-refractivity contribution in [3.05, 3.63) is 18.0 Å². The molecule has 1 aromatic rings.